The summed E-state index contributed by atoms with van der Waals surface area (Å²) in [6.07, 6.45) is 0.245. The lowest BCUT2D eigenvalue weighted by Crippen LogP contribution is -2.15. The van der Waals surface area contributed by atoms with Crippen LogP contribution in [0.1, 0.15) is 13.8 Å². The van der Waals surface area contributed by atoms with Crippen molar-refractivity contribution in [1.82, 2.24) is 0 Å². The van der Waals surface area contributed by atoms with Crippen molar-refractivity contribution >= 4 is 5.84 Å². The molecule has 0 fully saturated rings. The fraction of sp³-hybridized carbons (Fsp3) is 0.800. The van der Waals surface area contributed by atoms with E-state index < -0.39 is 0 Å². The average Bonchev–Trinajstić information content (AvgIpc) is 1.98. The van der Waals surface area contributed by atoms with Gasteiger partial charge in [-0.05, 0) is 5.11 Å². The molecule has 0 spiro atoms. The van der Waals surface area contributed by atoms with Crippen LogP contribution < -0.4 is 0 Å². The quantitative estimate of drug-likeness (QED) is 0.416. The van der Waals surface area contributed by atoms with Crippen molar-refractivity contribution in [3.63, 3.8) is 0 Å². The third-order valence-corrected chi connectivity index (χ3v) is 1.44. The maximum atomic E-state index is 3.91. The van der Waals surface area contributed by atoms with Gasteiger partial charge in [-0.1, -0.05) is 0 Å². The molecule has 0 N–H and O–H groups in total. The van der Waals surface area contributed by atoms with E-state index in [0.29, 0.717) is 0 Å². The summed E-state index contributed by atoms with van der Waals surface area (Å²) in [6, 6.07) is 0. The molecule has 8 heavy (non-hydrogen) atoms. The van der Waals surface area contributed by atoms with Gasteiger partial charge in [0, 0.05) is 13.8 Å². The number of azo groups is 1. The summed E-state index contributed by atoms with van der Waals surface area (Å²) in [5.41, 5.74) is 0. The van der Waals surface area contributed by atoms with E-state index in [-0.39, 0.29) is 6.17 Å². The van der Waals surface area contributed by atoms with Gasteiger partial charge in [-0.3, -0.25) is 0 Å². The fourth-order valence-electron chi connectivity index (χ4n) is 0.586. The lowest BCUT2D eigenvalue weighted by Gasteiger charge is -1.93. The Hall–Kier alpha value is -0.730. The standard InChI is InChI=1S/C5H10N3/c1-4-6-7-5(2)8(4)3/h4H,1-3H3/q+1. The summed E-state index contributed by atoms with van der Waals surface area (Å²) in [6.45, 7) is 3.97. The molecule has 0 saturated heterocycles. The van der Waals surface area contributed by atoms with Gasteiger partial charge in [0.1, 0.15) is 0 Å². The highest BCUT2D eigenvalue weighted by atomic mass is 15.3. The molecule has 3 heteroatoms. The molecule has 0 bridgehead atoms. The van der Waals surface area contributed by atoms with E-state index in [1.807, 2.05) is 25.5 Å². The maximum absolute atomic E-state index is 3.91. The topological polar surface area (TPSA) is 27.7 Å². The van der Waals surface area contributed by atoms with Crippen LogP contribution in [0.3, 0.4) is 0 Å². The van der Waals surface area contributed by atoms with Crippen LogP contribution in [0.25, 0.3) is 0 Å². The minimum absolute atomic E-state index is 0.245. The molecule has 1 rings (SSSR count). The normalized spacial score (nSPS) is 27.6. The molecule has 0 saturated carbocycles. The van der Waals surface area contributed by atoms with Gasteiger partial charge in [0.15, 0.2) is 0 Å². The number of hydrogen-bond donors (Lipinski definition) is 0. The maximum Gasteiger partial charge on any atom is 0.319 e. The molecule has 0 aromatic carbocycles. The first kappa shape index (κ1) is 5.41. The van der Waals surface area contributed by atoms with Crippen molar-refractivity contribution in [3.05, 3.63) is 0 Å². The molecule has 0 aromatic heterocycles. The number of hydrogen-bond acceptors (Lipinski definition) is 2. The van der Waals surface area contributed by atoms with E-state index in [2.05, 4.69) is 10.2 Å². The molecule has 0 amide bonds. The molecule has 1 unspecified atom stereocenters. The highest BCUT2D eigenvalue weighted by Crippen LogP contribution is 2.00. The monoisotopic (exact) mass is 112 g/mol. The smallest absolute Gasteiger partial charge is 0.237 e. The van der Waals surface area contributed by atoms with Crippen LogP contribution in [-0.2, 0) is 0 Å². The Morgan fingerprint density at radius 2 is 2.25 bits per heavy atom. The second-order valence-electron chi connectivity index (χ2n) is 2.01. The van der Waals surface area contributed by atoms with Crippen molar-refractivity contribution in [3.8, 4) is 0 Å². The highest BCUT2D eigenvalue weighted by molar-refractivity contribution is 5.75. The molecule has 44 valence electrons. The van der Waals surface area contributed by atoms with Crippen LogP contribution >= 0.6 is 0 Å². The van der Waals surface area contributed by atoms with E-state index in [1.54, 1.807) is 0 Å². The van der Waals surface area contributed by atoms with Gasteiger partial charge >= 0.3 is 5.84 Å². The fourth-order valence-corrected chi connectivity index (χ4v) is 0.586. The lowest BCUT2D eigenvalue weighted by atomic mass is 10.5. The largest absolute Gasteiger partial charge is 0.319 e. The predicted molar refractivity (Wildman–Crippen MR) is 31.2 cm³/mol. The number of rotatable bonds is 0. The zero-order valence-corrected chi connectivity index (χ0v) is 5.42. The molecule has 3 nitrogen and oxygen atoms in total. The van der Waals surface area contributed by atoms with Gasteiger partial charge in [-0.25, -0.2) is 4.58 Å². The highest BCUT2D eigenvalue weighted by Gasteiger charge is 2.18. The van der Waals surface area contributed by atoms with Crippen LogP contribution in [0.5, 0.6) is 0 Å². The summed E-state index contributed by atoms with van der Waals surface area (Å²) in [5, 5.41) is 7.78. The first-order valence-electron chi connectivity index (χ1n) is 2.69. The molecular weight excluding hydrogens is 102 g/mol. The summed E-state index contributed by atoms with van der Waals surface area (Å²) in [5.74, 6) is 0.998. The van der Waals surface area contributed by atoms with E-state index in [9.17, 15) is 0 Å². The van der Waals surface area contributed by atoms with E-state index in [1.165, 1.54) is 0 Å². The van der Waals surface area contributed by atoms with E-state index in [4.69, 9.17) is 0 Å². The molecule has 1 aliphatic rings. The van der Waals surface area contributed by atoms with Gasteiger partial charge < -0.3 is 0 Å². The molecular formula is C5H10N3+. The number of nitrogens with zero attached hydrogens (tertiary/aromatic N) is 3. The van der Waals surface area contributed by atoms with Crippen LogP contribution in [0.2, 0.25) is 0 Å². The SMILES string of the molecule is CC1=[N+](C)C(C)N=N1. The van der Waals surface area contributed by atoms with Crippen LogP contribution in [0.15, 0.2) is 10.2 Å². The van der Waals surface area contributed by atoms with Gasteiger partial charge in [0.25, 0.3) is 0 Å². The van der Waals surface area contributed by atoms with Gasteiger partial charge in [0.05, 0.1) is 12.2 Å². The Bertz CT molecular complexity index is 157. The van der Waals surface area contributed by atoms with Crippen molar-refractivity contribution in [2.45, 2.75) is 20.0 Å². The number of amidine groups is 1. The second-order valence-corrected chi connectivity index (χ2v) is 2.01. The Balaban J connectivity index is 2.85. The Kier molecular flexibility index (Phi) is 1.12. The molecule has 1 aliphatic heterocycles. The van der Waals surface area contributed by atoms with Crippen molar-refractivity contribution in [1.29, 1.82) is 0 Å². The average molecular weight is 112 g/mol. The zero-order valence-electron chi connectivity index (χ0n) is 5.42. The van der Waals surface area contributed by atoms with Crippen LogP contribution in [0, 0.1) is 0 Å². The Labute approximate surface area is 48.7 Å². The molecule has 1 heterocycles. The van der Waals surface area contributed by atoms with Crippen molar-refractivity contribution in [2.24, 2.45) is 10.2 Å². The van der Waals surface area contributed by atoms with E-state index in [0.717, 1.165) is 5.84 Å². The minimum Gasteiger partial charge on any atom is -0.237 e. The first-order valence-corrected chi connectivity index (χ1v) is 2.69. The van der Waals surface area contributed by atoms with Gasteiger partial charge in [-0.15, -0.1) is 0 Å². The van der Waals surface area contributed by atoms with Crippen LogP contribution in [0.4, 0.5) is 0 Å². The van der Waals surface area contributed by atoms with Crippen molar-refractivity contribution < 1.29 is 4.58 Å². The Morgan fingerprint density at radius 1 is 1.62 bits per heavy atom. The molecule has 0 radical (unpaired) electrons. The third kappa shape index (κ3) is 0.638. The van der Waals surface area contributed by atoms with Gasteiger partial charge in [0.2, 0.25) is 6.17 Å². The second kappa shape index (κ2) is 1.65. The zero-order chi connectivity index (χ0) is 6.15. The summed E-state index contributed by atoms with van der Waals surface area (Å²) in [4.78, 5) is 0. The molecule has 0 aliphatic carbocycles. The molecule has 0 aromatic rings. The van der Waals surface area contributed by atoms with Crippen molar-refractivity contribution in [2.75, 3.05) is 7.05 Å². The predicted octanol–water partition coefficient (Wildman–Crippen LogP) is 0.859. The Morgan fingerprint density at radius 3 is 2.38 bits per heavy atom. The summed E-state index contributed by atoms with van der Waals surface area (Å²) in [7, 11) is 1.99. The lowest BCUT2D eigenvalue weighted by molar-refractivity contribution is -0.527. The van der Waals surface area contributed by atoms with Crippen LogP contribution in [-0.4, -0.2) is 23.6 Å². The van der Waals surface area contributed by atoms with E-state index >= 15 is 0 Å². The third-order valence-electron chi connectivity index (χ3n) is 1.44. The first-order chi connectivity index (χ1) is 3.72. The summed E-state index contributed by atoms with van der Waals surface area (Å²) < 4.78 is 2.03. The molecule has 1 atom stereocenters. The van der Waals surface area contributed by atoms with Gasteiger partial charge in [-0.2, -0.15) is 0 Å². The minimum atomic E-state index is 0.245. The summed E-state index contributed by atoms with van der Waals surface area (Å²) >= 11 is 0.